The number of hydrogen-bond acceptors (Lipinski definition) is 3. The minimum absolute atomic E-state index is 0.469. The lowest BCUT2D eigenvalue weighted by Gasteiger charge is -2.31. The quantitative estimate of drug-likeness (QED) is 0.816. The van der Waals surface area contributed by atoms with Gasteiger partial charge in [-0.05, 0) is 44.7 Å². The normalized spacial score (nSPS) is 29.8. The Kier molecular flexibility index (Phi) is 3.96. The molecule has 2 saturated heterocycles. The third kappa shape index (κ3) is 2.93. The third-order valence-electron chi connectivity index (χ3n) is 4.17. The molecule has 0 spiro atoms. The van der Waals surface area contributed by atoms with Crippen LogP contribution in [0, 0.1) is 0 Å². The summed E-state index contributed by atoms with van der Waals surface area (Å²) in [7, 11) is 0. The fourth-order valence-electron chi connectivity index (χ4n) is 3.18. The van der Waals surface area contributed by atoms with Crippen molar-refractivity contribution in [3.8, 4) is 0 Å². The predicted molar refractivity (Wildman–Crippen MR) is 70.4 cm³/mol. The first kappa shape index (κ1) is 12.2. The minimum Gasteiger partial charge on any atom is -0.377 e. The van der Waals surface area contributed by atoms with Crippen molar-refractivity contribution in [3.63, 3.8) is 0 Å². The molecule has 100 valence electrons. The van der Waals surface area contributed by atoms with Crippen LogP contribution in [0.2, 0.25) is 0 Å². The molecule has 4 heteroatoms. The van der Waals surface area contributed by atoms with Crippen molar-refractivity contribution in [1.29, 1.82) is 0 Å². The first-order valence-electron chi connectivity index (χ1n) is 7.25. The topological polar surface area (TPSA) is 30.3 Å². The second-order valence-corrected chi connectivity index (χ2v) is 5.51. The summed E-state index contributed by atoms with van der Waals surface area (Å²) in [5.41, 5.74) is 0. The lowest BCUT2D eigenvalue weighted by Crippen LogP contribution is -2.40. The standard InChI is InChI=1S/C14H23N3O/c1-2-10-18-14(6-1)12-16-8-3-5-13(16)11-17-9-4-7-15-17/h4,7,9,13-14H,1-3,5-6,8,10-12H2/t13-,14-/m0/s1. The van der Waals surface area contributed by atoms with E-state index >= 15 is 0 Å². The Hall–Kier alpha value is -0.870. The minimum atomic E-state index is 0.469. The molecule has 0 bridgehead atoms. The third-order valence-corrected chi connectivity index (χ3v) is 4.17. The van der Waals surface area contributed by atoms with E-state index in [1.807, 2.05) is 12.3 Å². The molecule has 0 aliphatic carbocycles. The van der Waals surface area contributed by atoms with Crippen LogP contribution < -0.4 is 0 Å². The highest BCUT2D eigenvalue weighted by Crippen LogP contribution is 2.22. The van der Waals surface area contributed by atoms with Gasteiger partial charge in [0.05, 0.1) is 12.6 Å². The predicted octanol–water partition coefficient (Wildman–Crippen LogP) is 1.92. The molecule has 0 radical (unpaired) electrons. The highest BCUT2D eigenvalue weighted by Gasteiger charge is 2.28. The van der Waals surface area contributed by atoms with Gasteiger partial charge in [-0.2, -0.15) is 5.10 Å². The van der Waals surface area contributed by atoms with Gasteiger partial charge in [0.25, 0.3) is 0 Å². The molecule has 4 nitrogen and oxygen atoms in total. The lowest BCUT2D eigenvalue weighted by molar-refractivity contribution is -0.00910. The van der Waals surface area contributed by atoms with Crippen LogP contribution in [0.15, 0.2) is 18.5 Å². The molecule has 0 saturated carbocycles. The zero-order valence-corrected chi connectivity index (χ0v) is 11.0. The van der Waals surface area contributed by atoms with Crippen LogP contribution in [0.5, 0.6) is 0 Å². The maximum Gasteiger partial charge on any atom is 0.0702 e. The molecule has 3 heterocycles. The molecule has 0 amide bonds. The zero-order chi connectivity index (χ0) is 12.2. The van der Waals surface area contributed by atoms with Crippen LogP contribution >= 0.6 is 0 Å². The zero-order valence-electron chi connectivity index (χ0n) is 11.0. The smallest absolute Gasteiger partial charge is 0.0702 e. The van der Waals surface area contributed by atoms with Crippen molar-refractivity contribution in [3.05, 3.63) is 18.5 Å². The molecule has 0 aromatic carbocycles. The van der Waals surface area contributed by atoms with Gasteiger partial charge in [0.15, 0.2) is 0 Å². The second-order valence-electron chi connectivity index (χ2n) is 5.51. The van der Waals surface area contributed by atoms with Crippen molar-refractivity contribution in [2.24, 2.45) is 0 Å². The van der Waals surface area contributed by atoms with E-state index < -0.39 is 0 Å². The summed E-state index contributed by atoms with van der Waals surface area (Å²) in [6.45, 7) is 4.33. The SMILES string of the molecule is c1cnn(C[C@@H]2CCCN2C[C@@H]2CCCCO2)c1. The van der Waals surface area contributed by atoms with Crippen LogP contribution in [0.4, 0.5) is 0 Å². The van der Waals surface area contributed by atoms with Gasteiger partial charge in [0.2, 0.25) is 0 Å². The monoisotopic (exact) mass is 249 g/mol. The number of aromatic nitrogens is 2. The molecular formula is C14H23N3O. The summed E-state index contributed by atoms with van der Waals surface area (Å²) in [4.78, 5) is 2.61. The Balaban J connectivity index is 1.53. The highest BCUT2D eigenvalue weighted by molar-refractivity contribution is 4.85. The molecular weight excluding hydrogens is 226 g/mol. The van der Waals surface area contributed by atoms with E-state index in [9.17, 15) is 0 Å². The maximum atomic E-state index is 5.86. The fraction of sp³-hybridized carbons (Fsp3) is 0.786. The molecule has 1 aromatic rings. The van der Waals surface area contributed by atoms with Crippen molar-refractivity contribution in [2.75, 3.05) is 19.7 Å². The summed E-state index contributed by atoms with van der Waals surface area (Å²) in [5, 5.41) is 4.32. The first-order valence-corrected chi connectivity index (χ1v) is 7.25. The Labute approximate surface area is 109 Å². The van der Waals surface area contributed by atoms with Crippen LogP contribution in [0.25, 0.3) is 0 Å². The van der Waals surface area contributed by atoms with E-state index in [-0.39, 0.29) is 0 Å². The van der Waals surface area contributed by atoms with Gasteiger partial charge in [0.1, 0.15) is 0 Å². The van der Waals surface area contributed by atoms with Crippen LogP contribution in [0.3, 0.4) is 0 Å². The largest absolute Gasteiger partial charge is 0.377 e. The van der Waals surface area contributed by atoms with Gasteiger partial charge < -0.3 is 4.74 Å². The van der Waals surface area contributed by atoms with Crippen molar-refractivity contribution in [2.45, 2.75) is 50.8 Å². The van der Waals surface area contributed by atoms with E-state index in [1.165, 1.54) is 38.6 Å². The van der Waals surface area contributed by atoms with E-state index in [4.69, 9.17) is 4.74 Å². The molecule has 2 fully saturated rings. The molecule has 18 heavy (non-hydrogen) atoms. The number of ether oxygens (including phenoxy) is 1. The molecule has 2 aliphatic heterocycles. The van der Waals surface area contributed by atoms with Crippen molar-refractivity contribution < 1.29 is 4.74 Å². The lowest BCUT2D eigenvalue weighted by atomic mass is 10.1. The average Bonchev–Trinajstić information content (AvgIpc) is 3.04. The Morgan fingerprint density at radius 3 is 2.94 bits per heavy atom. The van der Waals surface area contributed by atoms with E-state index in [1.54, 1.807) is 0 Å². The van der Waals surface area contributed by atoms with Gasteiger partial charge in [0, 0.05) is 31.6 Å². The summed E-state index contributed by atoms with van der Waals surface area (Å²) >= 11 is 0. The average molecular weight is 249 g/mol. The summed E-state index contributed by atoms with van der Waals surface area (Å²) in [6, 6.07) is 2.65. The first-order chi connectivity index (χ1) is 8.92. The number of nitrogens with zero attached hydrogens (tertiary/aromatic N) is 3. The molecule has 0 unspecified atom stereocenters. The van der Waals surface area contributed by atoms with Gasteiger partial charge >= 0.3 is 0 Å². The Bertz CT molecular complexity index is 346. The van der Waals surface area contributed by atoms with Crippen molar-refractivity contribution in [1.82, 2.24) is 14.7 Å². The summed E-state index contributed by atoms with van der Waals surface area (Å²) < 4.78 is 7.92. The second kappa shape index (κ2) is 5.85. The Morgan fingerprint density at radius 2 is 2.17 bits per heavy atom. The van der Waals surface area contributed by atoms with Crippen LogP contribution in [0.1, 0.15) is 32.1 Å². The van der Waals surface area contributed by atoms with Gasteiger partial charge in [-0.3, -0.25) is 9.58 Å². The molecule has 2 atom stereocenters. The van der Waals surface area contributed by atoms with Gasteiger partial charge in [-0.1, -0.05) is 0 Å². The summed E-state index contributed by atoms with van der Waals surface area (Å²) in [5.74, 6) is 0. The maximum absolute atomic E-state index is 5.86. The molecule has 1 aromatic heterocycles. The molecule has 0 N–H and O–H groups in total. The molecule has 2 aliphatic rings. The summed E-state index contributed by atoms with van der Waals surface area (Å²) in [6.07, 6.45) is 10.8. The fourth-order valence-corrected chi connectivity index (χ4v) is 3.18. The van der Waals surface area contributed by atoms with Gasteiger partial charge in [-0.15, -0.1) is 0 Å². The van der Waals surface area contributed by atoms with Gasteiger partial charge in [-0.25, -0.2) is 0 Å². The van der Waals surface area contributed by atoms with Crippen molar-refractivity contribution >= 4 is 0 Å². The van der Waals surface area contributed by atoms with Crippen LogP contribution in [-0.4, -0.2) is 46.5 Å². The highest BCUT2D eigenvalue weighted by atomic mass is 16.5. The number of likely N-dealkylation sites (tertiary alicyclic amines) is 1. The number of hydrogen-bond donors (Lipinski definition) is 0. The molecule has 3 rings (SSSR count). The Morgan fingerprint density at radius 1 is 1.17 bits per heavy atom. The number of rotatable bonds is 4. The van der Waals surface area contributed by atoms with E-state index in [0.717, 1.165) is 19.7 Å². The van der Waals surface area contributed by atoms with E-state index in [2.05, 4.69) is 20.9 Å². The van der Waals surface area contributed by atoms with Crippen LogP contribution in [-0.2, 0) is 11.3 Å². The van der Waals surface area contributed by atoms with E-state index in [0.29, 0.717) is 12.1 Å².